The second kappa shape index (κ2) is 19.8. The van der Waals surface area contributed by atoms with Gasteiger partial charge in [0.1, 0.15) is 0 Å². The van der Waals surface area contributed by atoms with Crippen LogP contribution in [-0.2, 0) is 22.7 Å². The second-order valence-corrected chi connectivity index (χ2v) is 12.6. The summed E-state index contributed by atoms with van der Waals surface area (Å²) in [6.07, 6.45) is 11.8. The van der Waals surface area contributed by atoms with E-state index in [1.807, 2.05) is 0 Å². The maximum atomic E-state index is 12.5. The van der Waals surface area contributed by atoms with Gasteiger partial charge in [-0.2, -0.15) is 0 Å². The standard InChI is InChI=1S/C36H56N2O6/c1-25(2)15-11-7-9-13-17-33(39)37-23-27-19-29(35(41)31(21-27)43-5)30-20-28(22-32(44-6)36(30)42)24-38-34(40)18-14-10-8-12-16-26(3)4/h19-22,25-26,41-42H,7-18,23-24H2,1-6H3,(H,37,39)(H,38,40). The maximum absolute atomic E-state index is 12.5. The third-order valence-corrected chi connectivity index (χ3v) is 7.85. The highest BCUT2D eigenvalue weighted by Crippen LogP contribution is 2.45. The lowest BCUT2D eigenvalue weighted by molar-refractivity contribution is -0.122. The van der Waals surface area contributed by atoms with Crippen molar-refractivity contribution in [2.24, 2.45) is 11.8 Å². The van der Waals surface area contributed by atoms with Gasteiger partial charge < -0.3 is 30.3 Å². The number of aromatic hydroxyl groups is 2. The number of ether oxygens (including phenoxy) is 2. The summed E-state index contributed by atoms with van der Waals surface area (Å²) in [6.45, 7) is 9.41. The number of amides is 2. The van der Waals surface area contributed by atoms with Crippen LogP contribution in [0, 0.1) is 11.8 Å². The van der Waals surface area contributed by atoms with Crippen molar-refractivity contribution in [1.82, 2.24) is 10.6 Å². The van der Waals surface area contributed by atoms with Gasteiger partial charge >= 0.3 is 0 Å². The van der Waals surface area contributed by atoms with Gasteiger partial charge in [-0.1, -0.05) is 79.1 Å². The first-order valence-electron chi connectivity index (χ1n) is 16.4. The highest BCUT2D eigenvalue weighted by Gasteiger charge is 2.20. The molecule has 8 heteroatoms. The van der Waals surface area contributed by atoms with Gasteiger partial charge in [0.15, 0.2) is 23.0 Å². The van der Waals surface area contributed by atoms with Crippen LogP contribution < -0.4 is 20.1 Å². The number of unbranched alkanes of at least 4 members (excludes halogenated alkanes) is 6. The Labute approximate surface area is 264 Å². The van der Waals surface area contributed by atoms with E-state index < -0.39 is 0 Å². The number of carbonyl (C=O) groups excluding carboxylic acids is 2. The van der Waals surface area contributed by atoms with Crippen molar-refractivity contribution in [3.8, 4) is 34.1 Å². The summed E-state index contributed by atoms with van der Waals surface area (Å²) < 4.78 is 10.8. The minimum absolute atomic E-state index is 0.0275. The largest absolute Gasteiger partial charge is 0.504 e. The van der Waals surface area contributed by atoms with Gasteiger partial charge in [-0.25, -0.2) is 0 Å². The summed E-state index contributed by atoms with van der Waals surface area (Å²) in [4.78, 5) is 25.0. The first kappa shape index (κ1) is 36.8. The van der Waals surface area contributed by atoms with Crippen LogP contribution in [-0.4, -0.2) is 36.2 Å². The first-order chi connectivity index (χ1) is 21.0. The van der Waals surface area contributed by atoms with Crippen molar-refractivity contribution >= 4 is 11.8 Å². The van der Waals surface area contributed by atoms with E-state index >= 15 is 0 Å². The van der Waals surface area contributed by atoms with Crippen LogP contribution in [0.1, 0.15) is 116 Å². The second-order valence-electron chi connectivity index (χ2n) is 12.6. The Balaban J connectivity index is 2.07. The van der Waals surface area contributed by atoms with E-state index in [9.17, 15) is 19.8 Å². The fourth-order valence-corrected chi connectivity index (χ4v) is 5.22. The molecule has 2 aromatic carbocycles. The van der Waals surface area contributed by atoms with Crippen LogP contribution in [0.2, 0.25) is 0 Å². The molecule has 2 aromatic rings. The molecule has 2 rings (SSSR count). The fraction of sp³-hybridized carbons (Fsp3) is 0.611. The molecule has 0 spiro atoms. The number of nitrogens with one attached hydrogen (secondary N) is 2. The van der Waals surface area contributed by atoms with Crippen LogP contribution in [0.15, 0.2) is 24.3 Å². The van der Waals surface area contributed by atoms with E-state index in [0.29, 0.717) is 46.9 Å². The zero-order valence-electron chi connectivity index (χ0n) is 27.9. The minimum Gasteiger partial charge on any atom is -0.504 e. The minimum atomic E-state index is -0.139. The third-order valence-electron chi connectivity index (χ3n) is 7.85. The van der Waals surface area contributed by atoms with Crippen molar-refractivity contribution in [1.29, 1.82) is 0 Å². The molecular formula is C36H56N2O6. The van der Waals surface area contributed by atoms with Crippen molar-refractivity contribution in [2.45, 2.75) is 118 Å². The zero-order valence-corrected chi connectivity index (χ0v) is 27.9. The molecule has 0 aliphatic carbocycles. The molecule has 0 fully saturated rings. The van der Waals surface area contributed by atoms with E-state index in [1.54, 1.807) is 24.3 Å². The van der Waals surface area contributed by atoms with Crippen LogP contribution >= 0.6 is 0 Å². The number of methoxy groups -OCH3 is 2. The summed E-state index contributed by atoms with van der Waals surface area (Å²) in [5.41, 5.74) is 2.10. The quantitative estimate of drug-likeness (QED) is 0.106. The summed E-state index contributed by atoms with van der Waals surface area (Å²) in [5, 5.41) is 28.0. The molecule has 0 aliphatic rings. The van der Waals surface area contributed by atoms with E-state index in [1.165, 1.54) is 39.9 Å². The van der Waals surface area contributed by atoms with Gasteiger partial charge in [0.25, 0.3) is 0 Å². The molecule has 2 amide bonds. The number of hydrogen-bond acceptors (Lipinski definition) is 6. The number of phenols is 2. The van der Waals surface area contributed by atoms with E-state index in [0.717, 1.165) is 38.5 Å². The fourth-order valence-electron chi connectivity index (χ4n) is 5.22. The Morgan fingerprint density at radius 1 is 0.614 bits per heavy atom. The van der Waals surface area contributed by atoms with E-state index in [-0.39, 0.29) is 47.9 Å². The molecule has 44 heavy (non-hydrogen) atoms. The molecular weight excluding hydrogens is 556 g/mol. The lowest BCUT2D eigenvalue weighted by atomic mass is 9.97. The lowest BCUT2D eigenvalue weighted by Crippen LogP contribution is -2.22. The van der Waals surface area contributed by atoms with Crippen molar-refractivity contribution in [2.75, 3.05) is 14.2 Å². The molecule has 246 valence electrons. The molecule has 0 aromatic heterocycles. The van der Waals surface area contributed by atoms with Crippen LogP contribution in [0.25, 0.3) is 11.1 Å². The Bertz CT molecular complexity index is 1090. The van der Waals surface area contributed by atoms with Gasteiger partial charge in [-0.15, -0.1) is 0 Å². The predicted molar refractivity (Wildman–Crippen MR) is 177 cm³/mol. The average molecular weight is 613 g/mol. The maximum Gasteiger partial charge on any atom is 0.220 e. The van der Waals surface area contributed by atoms with Gasteiger partial charge in [0.2, 0.25) is 11.8 Å². The molecule has 0 heterocycles. The third kappa shape index (κ3) is 13.1. The Morgan fingerprint density at radius 2 is 0.977 bits per heavy atom. The number of rotatable bonds is 21. The molecule has 0 atom stereocenters. The smallest absolute Gasteiger partial charge is 0.220 e. The molecule has 0 aliphatic heterocycles. The Kier molecular flexibility index (Phi) is 16.5. The SMILES string of the molecule is COc1cc(CNC(=O)CCCCCCC(C)C)cc(-c2cc(CNC(=O)CCCCCCC(C)C)cc(OC)c2O)c1O. The summed E-state index contributed by atoms with van der Waals surface area (Å²) in [5.74, 6) is 1.53. The highest BCUT2D eigenvalue weighted by molar-refractivity contribution is 5.82. The summed E-state index contributed by atoms with van der Waals surface area (Å²) in [6, 6.07) is 6.79. The molecule has 4 N–H and O–H groups in total. The van der Waals surface area contributed by atoms with Crippen molar-refractivity contribution < 1.29 is 29.3 Å². The predicted octanol–water partition coefficient (Wildman–Crippen LogP) is 8.01. The van der Waals surface area contributed by atoms with Crippen molar-refractivity contribution in [3.63, 3.8) is 0 Å². The Hall–Kier alpha value is -3.42. The van der Waals surface area contributed by atoms with Gasteiger partial charge in [0, 0.05) is 37.1 Å². The van der Waals surface area contributed by atoms with Crippen LogP contribution in [0.3, 0.4) is 0 Å². The molecule has 0 radical (unpaired) electrons. The molecule has 0 bridgehead atoms. The Morgan fingerprint density at radius 3 is 1.32 bits per heavy atom. The van der Waals surface area contributed by atoms with Gasteiger partial charge in [-0.05, 0) is 60.1 Å². The topological polar surface area (TPSA) is 117 Å². The van der Waals surface area contributed by atoms with E-state index in [4.69, 9.17) is 9.47 Å². The lowest BCUT2D eigenvalue weighted by Gasteiger charge is -2.17. The molecule has 0 saturated heterocycles. The number of carbonyl (C=O) groups is 2. The number of hydrogen-bond donors (Lipinski definition) is 4. The average Bonchev–Trinajstić information content (AvgIpc) is 2.99. The summed E-state index contributed by atoms with van der Waals surface area (Å²) >= 11 is 0. The first-order valence-corrected chi connectivity index (χ1v) is 16.4. The van der Waals surface area contributed by atoms with Gasteiger partial charge in [-0.3, -0.25) is 9.59 Å². The van der Waals surface area contributed by atoms with Crippen LogP contribution in [0.4, 0.5) is 0 Å². The highest BCUT2D eigenvalue weighted by atomic mass is 16.5. The monoisotopic (exact) mass is 612 g/mol. The van der Waals surface area contributed by atoms with E-state index in [2.05, 4.69) is 38.3 Å². The number of benzene rings is 2. The zero-order chi connectivity index (χ0) is 32.5. The van der Waals surface area contributed by atoms with Crippen LogP contribution in [0.5, 0.6) is 23.0 Å². The normalized spacial score (nSPS) is 11.2. The summed E-state index contributed by atoms with van der Waals surface area (Å²) in [7, 11) is 2.91. The number of phenolic OH excluding ortho intramolecular Hbond substituents is 2. The van der Waals surface area contributed by atoms with Crippen molar-refractivity contribution in [3.05, 3.63) is 35.4 Å². The van der Waals surface area contributed by atoms with Gasteiger partial charge in [0.05, 0.1) is 14.2 Å². The molecule has 8 nitrogen and oxygen atoms in total. The molecule has 0 unspecified atom stereocenters. The molecule has 0 saturated carbocycles.